The van der Waals surface area contributed by atoms with Crippen LogP contribution < -0.4 is 20.7 Å². The first-order valence-electron chi connectivity index (χ1n) is 13.9. The van der Waals surface area contributed by atoms with E-state index in [0.29, 0.717) is 21.2 Å². The highest BCUT2D eigenvalue weighted by atomic mass is 79.9. The Balaban J connectivity index is 1.35. The molecule has 240 valence electrons. The number of imidazole rings is 1. The standard InChI is InChI=1S/C32H24BrCl2N5O6S/c1-37-27-26(29(42)38(2)31(37)43)39(16-19-8-9-21(34)14-22(19)35)30(36-27)46-23-10-7-17(12-24(23)45-3)13-25-28(41)40(32(44)47-25)15-18-5-4-6-20(33)11-18/h4-14H,15-16H2,1-3H3. The number of ether oxygens (including phenoxy) is 2. The minimum Gasteiger partial charge on any atom is -0.493 e. The molecule has 2 aromatic heterocycles. The van der Waals surface area contributed by atoms with Gasteiger partial charge in [0.25, 0.3) is 16.7 Å². The zero-order valence-electron chi connectivity index (χ0n) is 25.0. The number of halogens is 3. The molecule has 1 aliphatic heterocycles. The van der Waals surface area contributed by atoms with Gasteiger partial charge in [-0.1, -0.05) is 63.4 Å². The number of carbonyl (C=O) groups excluding carboxylic acids is 2. The van der Waals surface area contributed by atoms with Crippen LogP contribution in [-0.2, 0) is 32.0 Å². The van der Waals surface area contributed by atoms with E-state index < -0.39 is 17.2 Å². The molecule has 3 aromatic carbocycles. The second-order valence-electron chi connectivity index (χ2n) is 10.5. The van der Waals surface area contributed by atoms with E-state index in [1.165, 1.54) is 35.2 Å². The van der Waals surface area contributed by atoms with Gasteiger partial charge in [0.15, 0.2) is 22.7 Å². The van der Waals surface area contributed by atoms with E-state index in [0.717, 1.165) is 26.4 Å². The number of methoxy groups -OCH3 is 1. The van der Waals surface area contributed by atoms with Crippen molar-refractivity contribution in [3.63, 3.8) is 0 Å². The van der Waals surface area contributed by atoms with E-state index in [4.69, 9.17) is 32.7 Å². The van der Waals surface area contributed by atoms with E-state index in [1.54, 1.807) is 42.5 Å². The Labute approximate surface area is 290 Å². The number of imide groups is 1. The first kappa shape index (κ1) is 32.6. The molecule has 0 N–H and O–H groups in total. The number of amides is 2. The summed E-state index contributed by atoms with van der Waals surface area (Å²) in [4.78, 5) is 57.9. The fourth-order valence-electron chi connectivity index (χ4n) is 5.03. The Kier molecular flexibility index (Phi) is 9.07. The van der Waals surface area contributed by atoms with Gasteiger partial charge in [0.2, 0.25) is 0 Å². The average Bonchev–Trinajstić information content (AvgIpc) is 3.52. The summed E-state index contributed by atoms with van der Waals surface area (Å²) in [5.41, 5.74) is 1.16. The molecular formula is C32H24BrCl2N5O6S. The van der Waals surface area contributed by atoms with E-state index in [-0.39, 0.29) is 51.9 Å². The Morgan fingerprint density at radius 2 is 1.72 bits per heavy atom. The summed E-state index contributed by atoms with van der Waals surface area (Å²) in [7, 11) is 4.35. The number of fused-ring (bicyclic) bond motifs is 1. The van der Waals surface area contributed by atoms with Gasteiger partial charge in [-0.05, 0) is 70.9 Å². The summed E-state index contributed by atoms with van der Waals surface area (Å²) in [5, 5.41) is 0.450. The van der Waals surface area contributed by atoms with Crippen molar-refractivity contribution in [2.24, 2.45) is 14.1 Å². The van der Waals surface area contributed by atoms with Crippen molar-refractivity contribution in [1.82, 2.24) is 23.6 Å². The number of hydrogen-bond donors (Lipinski definition) is 0. The van der Waals surface area contributed by atoms with E-state index in [2.05, 4.69) is 20.9 Å². The molecular weight excluding hydrogens is 733 g/mol. The minimum atomic E-state index is -0.563. The maximum atomic E-state index is 13.3. The van der Waals surface area contributed by atoms with Crippen LogP contribution in [0.1, 0.15) is 16.7 Å². The Morgan fingerprint density at radius 3 is 2.45 bits per heavy atom. The number of thioether (sulfide) groups is 1. The van der Waals surface area contributed by atoms with Crippen LogP contribution >= 0.6 is 50.9 Å². The third kappa shape index (κ3) is 6.35. The lowest BCUT2D eigenvalue weighted by Gasteiger charge is -2.14. The highest BCUT2D eigenvalue weighted by Crippen LogP contribution is 2.37. The number of benzene rings is 3. The van der Waals surface area contributed by atoms with Crippen molar-refractivity contribution < 1.29 is 19.1 Å². The van der Waals surface area contributed by atoms with Gasteiger partial charge in [-0.3, -0.25) is 33.0 Å². The third-order valence-electron chi connectivity index (χ3n) is 7.45. The SMILES string of the molecule is COc1cc(C=C2SC(=O)N(Cc3cccc(Br)c3)C2=O)ccc1Oc1nc2c(c(=O)n(C)c(=O)n2C)n1Cc1ccc(Cl)cc1Cl. The lowest BCUT2D eigenvalue weighted by Crippen LogP contribution is -2.37. The predicted octanol–water partition coefficient (Wildman–Crippen LogP) is 6.59. The van der Waals surface area contributed by atoms with Crippen molar-refractivity contribution in [1.29, 1.82) is 0 Å². The third-order valence-corrected chi connectivity index (χ3v) is 9.43. The molecule has 3 heterocycles. The van der Waals surface area contributed by atoms with Crippen LogP contribution in [0.2, 0.25) is 10.0 Å². The van der Waals surface area contributed by atoms with Crippen LogP contribution in [0.4, 0.5) is 4.79 Å². The number of aromatic nitrogens is 4. The van der Waals surface area contributed by atoms with Crippen molar-refractivity contribution in [2.75, 3.05) is 7.11 Å². The summed E-state index contributed by atoms with van der Waals surface area (Å²) >= 11 is 16.8. The number of hydrogen-bond acceptors (Lipinski definition) is 8. The highest BCUT2D eigenvalue weighted by Gasteiger charge is 2.35. The molecule has 0 radical (unpaired) electrons. The van der Waals surface area contributed by atoms with Gasteiger partial charge in [-0.2, -0.15) is 4.98 Å². The molecule has 1 aliphatic rings. The zero-order chi connectivity index (χ0) is 33.6. The Bertz CT molecular complexity index is 2260. The molecule has 0 aliphatic carbocycles. The first-order chi connectivity index (χ1) is 22.4. The molecule has 0 unspecified atom stereocenters. The molecule has 5 aromatic rings. The maximum Gasteiger partial charge on any atom is 0.332 e. The van der Waals surface area contributed by atoms with Crippen molar-refractivity contribution in [3.05, 3.63) is 118 Å². The fourth-order valence-corrected chi connectivity index (χ4v) is 6.79. The second-order valence-corrected chi connectivity index (χ2v) is 13.3. The molecule has 47 heavy (non-hydrogen) atoms. The van der Waals surface area contributed by atoms with Crippen LogP contribution in [0.15, 0.2) is 79.6 Å². The molecule has 2 amide bonds. The summed E-state index contributed by atoms with van der Waals surface area (Å²) < 4.78 is 16.5. The zero-order valence-corrected chi connectivity index (χ0v) is 28.9. The predicted molar refractivity (Wildman–Crippen MR) is 185 cm³/mol. The van der Waals surface area contributed by atoms with Crippen molar-refractivity contribution in [3.8, 4) is 17.5 Å². The first-order valence-corrected chi connectivity index (χ1v) is 16.3. The number of aryl methyl sites for hydroxylation is 1. The van der Waals surface area contributed by atoms with Gasteiger partial charge in [0.1, 0.15) is 0 Å². The fraction of sp³-hybridized carbons (Fsp3) is 0.156. The quantitative estimate of drug-likeness (QED) is 0.163. The molecule has 1 saturated heterocycles. The van der Waals surface area contributed by atoms with Crippen LogP contribution in [0.25, 0.3) is 17.2 Å². The maximum absolute atomic E-state index is 13.3. The van der Waals surface area contributed by atoms with E-state index >= 15 is 0 Å². The molecule has 0 spiro atoms. The minimum absolute atomic E-state index is 0.00374. The van der Waals surface area contributed by atoms with Gasteiger partial charge in [0, 0.05) is 28.6 Å². The molecule has 0 bridgehead atoms. The van der Waals surface area contributed by atoms with Gasteiger partial charge in [-0.25, -0.2) is 4.79 Å². The summed E-state index contributed by atoms with van der Waals surface area (Å²) in [6.07, 6.45) is 1.61. The lowest BCUT2D eigenvalue weighted by molar-refractivity contribution is -0.123. The Hall–Kier alpha value is -4.30. The number of rotatable bonds is 8. The van der Waals surface area contributed by atoms with Crippen LogP contribution in [-0.4, -0.2) is 41.8 Å². The second kappa shape index (κ2) is 13.1. The van der Waals surface area contributed by atoms with Crippen molar-refractivity contribution >= 4 is 79.3 Å². The van der Waals surface area contributed by atoms with Crippen LogP contribution in [0.3, 0.4) is 0 Å². The topological polar surface area (TPSA) is 118 Å². The number of carbonyl (C=O) groups is 2. The summed E-state index contributed by atoms with van der Waals surface area (Å²) in [5.74, 6) is 0.131. The molecule has 15 heteroatoms. The highest BCUT2D eigenvalue weighted by molar-refractivity contribution is 9.10. The molecule has 0 atom stereocenters. The molecule has 1 fully saturated rings. The summed E-state index contributed by atoms with van der Waals surface area (Å²) in [6, 6.07) is 17.4. The van der Waals surface area contributed by atoms with Crippen LogP contribution in [0, 0.1) is 0 Å². The van der Waals surface area contributed by atoms with Crippen LogP contribution in [0.5, 0.6) is 17.5 Å². The number of nitrogens with zero attached hydrogens (tertiary/aromatic N) is 5. The summed E-state index contributed by atoms with van der Waals surface area (Å²) in [6.45, 7) is 0.222. The average molecular weight is 757 g/mol. The van der Waals surface area contributed by atoms with Gasteiger partial charge in [0.05, 0.1) is 25.1 Å². The monoisotopic (exact) mass is 755 g/mol. The smallest absolute Gasteiger partial charge is 0.332 e. The van der Waals surface area contributed by atoms with Gasteiger partial charge < -0.3 is 9.47 Å². The molecule has 6 rings (SSSR count). The largest absolute Gasteiger partial charge is 0.493 e. The van der Waals surface area contributed by atoms with E-state index in [1.807, 2.05) is 24.3 Å². The molecule has 0 saturated carbocycles. The lowest BCUT2D eigenvalue weighted by atomic mass is 10.1. The van der Waals surface area contributed by atoms with E-state index in [9.17, 15) is 19.2 Å². The van der Waals surface area contributed by atoms with Gasteiger partial charge in [-0.15, -0.1) is 0 Å². The van der Waals surface area contributed by atoms with Crippen molar-refractivity contribution in [2.45, 2.75) is 13.1 Å². The molecule has 11 nitrogen and oxygen atoms in total. The Morgan fingerprint density at radius 1 is 0.936 bits per heavy atom. The normalized spacial score (nSPS) is 14.1. The van der Waals surface area contributed by atoms with Gasteiger partial charge >= 0.3 is 11.7 Å².